The third-order valence-electron chi connectivity index (χ3n) is 10.6. The van der Waals surface area contributed by atoms with E-state index in [2.05, 4.69) is 71.3 Å². The average molecular weight is 929 g/mol. The molecule has 2 aliphatic rings. The molecule has 8 aromatic rings. The van der Waals surface area contributed by atoms with Gasteiger partial charge in [0.2, 0.25) is 17.2 Å². The maximum atomic E-state index is 15.0. The third kappa shape index (κ3) is 7.95. The van der Waals surface area contributed by atoms with Crippen LogP contribution in [-0.4, -0.2) is 73.9 Å². The van der Waals surface area contributed by atoms with Gasteiger partial charge in [0, 0.05) is 67.1 Å². The van der Waals surface area contributed by atoms with E-state index >= 15 is 4.39 Å². The van der Waals surface area contributed by atoms with E-state index in [1.807, 2.05) is 0 Å². The van der Waals surface area contributed by atoms with Crippen LogP contribution < -0.4 is 14.8 Å². The number of ether oxygens (including phenoxy) is 3. The molecule has 322 valence electrons. The Kier molecular flexibility index (Phi) is 11.0. The second-order valence-electron chi connectivity index (χ2n) is 15.7. The predicted molar refractivity (Wildman–Crippen MR) is 232 cm³/mol. The Labute approximate surface area is 371 Å². The van der Waals surface area contributed by atoms with E-state index in [-0.39, 0.29) is 30.4 Å². The Hall–Kier alpha value is -7.71. The molecule has 0 amide bonds. The molecule has 0 saturated heterocycles. The van der Waals surface area contributed by atoms with E-state index in [1.165, 1.54) is 18.3 Å². The van der Waals surface area contributed by atoms with E-state index in [9.17, 15) is 9.18 Å². The molecule has 64 heavy (non-hydrogen) atoms. The lowest BCUT2D eigenvalue weighted by Crippen LogP contribution is -2.30. The highest BCUT2D eigenvalue weighted by Gasteiger charge is 2.34. The maximum Gasteiger partial charge on any atom is 0.317 e. The van der Waals surface area contributed by atoms with Gasteiger partial charge >= 0.3 is 5.97 Å². The number of esters is 1. The molecule has 0 saturated carbocycles. The van der Waals surface area contributed by atoms with E-state index in [4.69, 9.17) is 27.4 Å². The zero-order valence-corrected chi connectivity index (χ0v) is 36.0. The number of aromatic amines is 2. The molecule has 0 aliphatic carbocycles. The Morgan fingerprint density at radius 1 is 0.875 bits per heavy atom. The zero-order valence-electron chi connectivity index (χ0n) is 34.4. The molecule has 1 unspecified atom stereocenters. The third-order valence-corrected chi connectivity index (χ3v) is 11.2. The number of halogens is 3. The van der Waals surface area contributed by atoms with Crippen LogP contribution in [0.25, 0.3) is 43.5 Å². The van der Waals surface area contributed by atoms with Gasteiger partial charge in [0.25, 0.3) is 11.6 Å². The number of anilines is 1. The SMILES string of the molecule is [C-]#[N+]c1cn2c(C(Cc3c(F)ccc4c3CCO4)C(=O)OC(C)(C)C)ncc(-c3ccn[nH]3)c2n1.[C-]#[N+]c1cn2c(NCc3c(F)ccc4c3CCO4)ncc(-c3[nH]ncc3Br)c2n1. The standard InChI is InChI=1S/C25H23FN6O3.C19H13BrFN7O/c1-25(2,3)35-24(33)16(11-15-14-8-10-34-20(14)6-5-18(15)26)22-28-12-17(19-7-9-29-31-19)23-30-21(27-4)13-32(22)23;1-22-16-9-28-18(26-16)12(17-13(20)8-25-27-17)7-24-19(28)23-6-11-10-4-5-29-15(10)3-2-14(11)21/h5-7,9,12-13,16H,8,10-11H2,1-3H3,(H,29,31);2-3,7-9H,4-6H2,(H,23,24)(H,25,27). The Bertz CT molecular complexity index is 3180. The molecule has 0 bridgehead atoms. The summed E-state index contributed by atoms with van der Waals surface area (Å²) in [6, 6.07) is 7.79. The number of hydrogen-bond acceptors (Lipinski definition) is 11. The summed E-state index contributed by atoms with van der Waals surface area (Å²) in [5, 5.41) is 16.9. The summed E-state index contributed by atoms with van der Waals surface area (Å²) in [5.41, 5.74) is 5.46. The number of hydrogen-bond donors (Lipinski definition) is 3. The van der Waals surface area contributed by atoms with E-state index in [1.54, 1.807) is 78.8 Å². The molecule has 0 radical (unpaired) electrons. The van der Waals surface area contributed by atoms with Gasteiger partial charge in [-0.05, 0) is 79.0 Å². The number of fused-ring (bicyclic) bond motifs is 4. The van der Waals surface area contributed by atoms with Gasteiger partial charge in [-0.2, -0.15) is 10.2 Å². The van der Waals surface area contributed by atoms with Gasteiger partial charge in [0.1, 0.15) is 40.5 Å². The van der Waals surface area contributed by atoms with Gasteiger partial charge in [-0.1, -0.05) is 23.1 Å². The van der Waals surface area contributed by atoms with Crippen molar-refractivity contribution in [2.24, 2.45) is 0 Å². The van der Waals surface area contributed by atoms with Crippen LogP contribution in [0.15, 0.2) is 72.0 Å². The second-order valence-corrected chi connectivity index (χ2v) is 16.6. The number of rotatable bonds is 9. The van der Waals surface area contributed by atoms with Crippen LogP contribution in [0, 0.1) is 24.8 Å². The smallest absolute Gasteiger partial charge is 0.317 e. The number of benzene rings is 2. The van der Waals surface area contributed by atoms with Crippen molar-refractivity contribution in [1.29, 1.82) is 0 Å². The van der Waals surface area contributed by atoms with Gasteiger partial charge in [-0.15, -0.1) is 0 Å². The number of carbonyl (C=O) groups is 1. The molecule has 20 heteroatoms. The minimum atomic E-state index is -0.957. The summed E-state index contributed by atoms with van der Waals surface area (Å²) < 4.78 is 50.4. The second kappa shape index (κ2) is 16.9. The van der Waals surface area contributed by atoms with Gasteiger partial charge in [0.05, 0.1) is 46.4 Å². The average Bonchev–Trinajstić information content (AvgIpc) is 4.13. The first-order valence-corrected chi connectivity index (χ1v) is 20.7. The first-order chi connectivity index (χ1) is 30.9. The van der Waals surface area contributed by atoms with Crippen molar-refractivity contribution in [2.75, 3.05) is 18.5 Å². The molecule has 17 nitrogen and oxygen atoms in total. The van der Waals surface area contributed by atoms with Crippen LogP contribution >= 0.6 is 15.9 Å². The highest BCUT2D eigenvalue weighted by Crippen LogP contribution is 2.37. The van der Waals surface area contributed by atoms with Gasteiger partial charge < -0.3 is 29.2 Å². The molecule has 8 heterocycles. The summed E-state index contributed by atoms with van der Waals surface area (Å²) in [5.74, 6) is 0.268. The number of aromatic nitrogens is 10. The topological polar surface area (TPSA) is 183 Å². The fourth-order valence-electron chi connectivity index (χ4n) is 7.74. The summed E-state index contributed by atoms with van der Waals surface area (Å²) in [7, 11) is 0. The minimum absolute atomic E-state index is 0.0182. The fraction of sp³-hybridized carbons (Fsp3) is 0.250. The number of imidazole rings is 2. The minimum Gasteiger partial charge on any atom is -0.493 e. The number of nitrogens with one attached hydrogen (secondary N) is 3. The number of nitrogens with zero attached hydrogens (tertiary/aromatic N) is 10. The fourth-order valence-corrected chi connectivity index (χ4v) is 8.15. The van der Waals surface area contributed by atoms with Crippen molar-refractivity contribution in [3.05, 3.63) is 135 Å². The largest absolute Gasteiger partial charge is 0.493 e. The summed E-state index contributed by atoms with van der Waals surface area (Å²) in [6.07, 6.45) is 10.8. The molecule has 10 rings (SSSR count). The molecule has 2 aliphatic heterocycles. The summed E-state index contributed by atoms with van der Waals surface area (Å²) >= 11 is 3.44. The Balaban J connectivity index is 0.000000165. The van der Waals surface area contributed by atoms with Crippen LogP contribution in [0.3, 0.4) is 0 Å². The van der Waals surface area contributed by atoms with Crippen LogP contribution in [0.4, 0.5) is 26.4 Å². The van der Waals surface area contributed by atoms with E-state index < -0.39 is 23.3 Å². The predicted octanol–water partition coefficient (Wildman–Crippen LogP) is 8.53. The molecular formula is C44H36BrF2N13O4. The summed E-state index contributed by atoms with van der Waals surface area (Å²) in [4.78, 5) is 38.2. The summed E-state index contributed by atoms with van der Waals surface area (Å²) in [6.45, 7) is 21.3. The monoisotopic (exact) mass is 927 g/mol. The van der Waals surface area contributed by atoms with Gasteiger partial charge in [0.15, 0.2) is 0 Å². The molecule has 0 fully saturated rings. The highest BCUT2D eigenvalue weighted by molar-refractivity contribution is 9.10. The van der Waals surface area contributed by atoms with Crippen molar-refractivity contribution in [3.63, 3.8) is 0 Å². The lowest BCUT2D eigenvalue weighted by molar-refractivity contribution is -0.157. The van der Waals surface area contributed by atoms with Crippen molar-refractivity contribution in [3.8, 4) is 34.0 Å². The Morgan fingerprint density at radius 3 is 2.14 bits per heavy atom. The van der Waals surface area contributed by atoms with Crippen LogP contribution in [0.5, 0.6) is 11.5 Å². The van der Waals surface area contributed by atoms with Crippen LogP contribution in [0.2, 0.25) is 0 Å². The Morgan fingerprint density at radius 2 is 1.52 bits per heavy atom. The molecule has 6 aromatic heterocycles. The molecular weight excluding hydrogens is 892 g/mol. The van der Waals surface area contributed by atoms with Gasteiger partial charge in [-0.3, -0.25) is 23.8 Å². The first kappa shape index (κ1) is 41.6. The number of carbonyl (C=O) groups excluding carboxylic acids is 1. The quantitative estimate of drug-likeness (QED) is 0.0932. The van der Waals surface area contributed by atoms with E-state index in [0.29, 0.717) is 88.5 Å². The van der Waals surface area contributed by atoms with Crippen molar-refractivity contribution >= 4 is 50.8 Å². The van der Waals surface area contributed by atoms with Crippen LogP contribution in [0.1, 0.15) is 54.8 Å². The van der Waals surface area contributed by atoms with Crippen molar-refractivity contribution < 1.29 is 27.8 Å². The van der Waals surface area contributed by atoms with Gasteiger partial charge in [-0.25, -0.2) is 18.7 Å². The van der Waals surface area contributed by atoms with Crippen molar-refractivity contribution in [2.45, 2.75) is 58.1 Å². The highest BCUT2D eigenvalue weighted by atomic mass is 79.9. The lowest BCUT2D eigenvalue weighted by Gasteiger charge is -2.25. The molecule has 2 aromatic carbocycles. The zero-order chi connectivity index (χ0) is 44.7. The lowest BCUT2D eigenvalue weighted by atomic mass is 9.92. The molecule has 0 spiro atoms. The normalized spacial score (nSPS) is 13.2. The molecule has 3 N–H and O–H groups in total. The number of H-pyrrole nitrogens is 2. The maximum absolute atomic E-state index is 15.0. The molecule has 1 atom stereocenters. The van der Waals surface area contributed by atoms with Crippen molar-refractivity contribution in [1.82, 2.24) is 49.1 Å². The van der Waals surface area contributed by atoms with Crippen LogP contribution in [-0.2, 0) is 35.3 Å². The first-order valence-electron chi connectivity index (χ1n) is 19.9. The van der Waals surface area contributed by atoms with E-state index in [0.717, 1.165) is 21.3 Å².